The molecule has 0 spiro atoms. The molecule has 5 nitrogen and oxygen atoms in total. The summed E-state index contributed by atoms with van der Waals surface area (Å²) in [6.45, 7) is 0.250. The molecule has 2 aliphatic heterocycles. The zero-order chi connectivity index (χ0) is 13.8. The van der Waals surface area contributed by atoms with Gasteiger partial charge in [-0.2, -0.15) is 11.8 Å². The number of carbonyl (C=O) groups excluding carboxylic acids is 2. The summed E-state index contributed by atoms with van der Waals surface area (Å²) >= 11 is 1.93. The zero-order valence-electron chi connectivity index (χ0n) is 11.2. The van der Waals surface area contributed by atoms with Gasteiger partial charge in [-0.3, -0.25) is 4.79 Å². The Morgan fingerprint density at radius 1 is 1.37 bits per heavy atom. The average Bonchev–Trinajstić information content (AvgIpc) is 2.81. The van der Waals surface area contributed by atoms with Crippen molar-refractivity contribution in [3.05, 3.63) is 0 Å². The minimum Gasteiger partial charge on any atom is -0.467 e. The van der Waals surface area contributed by atoms with Crippen LogP contribution in [0, 0.1) is 5.92 Å². The summed E-state index contributed by atoms with van der Waals surface area (Å²) < 4.78 is 4.71. The average molecular weight is 287 g/mol. The van der Waals surface area contributed by atoms with Crippen LogP contribution in [0.2, 0.25) is 0 Å². The number of esters is 1. The first kappa shape index (κ1) is 14.7. The Bertz CT molecular complexity index is 344. The van der Waals surface area contributed by atoms with E-state index >= 15 is 0 Å². The van der Waals surface area contributed by atoms with E-state index in [1.807, 2.05) is 11.8 Å². The fourth-order valence-electron chi connectivity index (χ4n) is 2.76. The first-order chi connectivity index (χ1) is 9.11. The summed E-state index contributed by atoms with van der Waals surface area (Å²) in [4.78, 5) is 25.4. The molecular formula is C13H21NO4S. The summed E-state index contributed by atoms with van der Waals surface area (Å²) in [5, 5.41) is 9.66. The number of ether oxygens (including phenoxy) is 1. The minimum atomic E-state index is -0.616. The topological polar surface area (TPSA) is 66.8 Å². The molecule has 2 rings (SSSR count). The van der Waals surface area contributed by atoms with Crippen LogP contribution in [-0.4, -0.2) is 59.2 Å². The molecule has 2 heterocycles. The van der Waals surface area contributed by atoms with Crippen molar-refractivity contribution in [1.29, 1.82) is 0 Å². The van der Waals surface area contributed by atoms with Gasteiger partial charge in [0.15, 0.2) is 0 Å². The first-order valence-electron chi connectivity index (χ1n) is 6.75. The highest BCUT2D eigenvalue weighted by molar-refractivity contribution is 7.99. The van der Waals surface area contributed by atoms with Crippen LogP contribution in [0.5, 0.6) is 0 Å². The third kappa shape index (κ3) is 3.63. The van der Waals surface area contributed by atoms with Gasteiger partial charge in [0.25, 0.3) is 0 Å². The maximum absolute atomic E-state index is 12.3. The number of aliphatic hydroxyl groups excluding tert-OH is 1. The molecule has 0 aromatic rings. The van der Waals surface area contributed by atoms with Crippen LogP contribution in [-0.2, 0) is 14.3 Å². The molecule has 19 heavy (non-hydrogen) atoms. The quantitative estimate of drug-likeness (QED) is 0.772. The van der Waals surface area contributed by atoms with Crippen molar-refractivity contribution in [3.8, 4) is 0 Å². The highest BCUT2D eigenvalue weighted by Gasteiger charge is 2.39. The SMILES string of the molecule is COC(=O)C1CC(O)CN1C(=O)CC1CCSCC1. The second-order valence-electron chi connectivity index (χ2n) is 5.23. The second-order valence-corrected chi connectivity index (χ2v) is 6.46. The van der Waals surface area contributed by atoms with Crippen molar-refractivity contribution < 1.29 is 19.4 Å². The number of hydrogen-bond acceptors (Lipinski definition) is 5. The van der Waals surface area contributed by atoms with Crippen LogP contribution in [0.1, 0.15) is 25.7 Å². The summed E-state index contributed by atoms with van der Waals surface area (Å²) in [7, 11) is 1.31. The van der Waals surface area contributed by atoms with Gasteiger partial charge in [0, 0.05) is 19.4 Å². The number of nitrogens with zero attached hydrogens (tertiary/aromatic N) is 1. The van der Waals surface area contributed by atoms with E-state index in [1.165, 1.54) is 12.0 Å². The lowest BCUT2D eigenvalue weighted by Crippen LogP contribution is -2.42. The lowest BCUT2D eigenvalue weighted by molar-refractivity contribution is -0.151. The van der Waals surface area contributed by atoms with E-state index in [9.17, 15) is 14.7 Å². The van der Waals surface area contributed by atoms with Crippen molar-refractivity contribution in [1.82, 2.24) is 4.90 Å². The first-order valence-corrected chi connectivity index (χ1v) is 7.90. The summed E-state index contributed by atoms with van der Waals surface area (Å²) in [6, 6.07) is -0.606. The number of aliphatic hydroxyl groups is 1. The molecule has 0 bridgehead atoms. The monoisotopic (exact) mass is 287 g/mol. The van der Waals surface area contributed by atoms with Crippen LogP contribution in [0.4, 0.5) is 0 Å². The molecule has 1 amide bonds. The maximum atomic E-state index is 12.3. The summed E-state index contributed by atoms with van der Waals surface area (Å²) in [5.74, 6) is 2.19. The number of likely N-dealkylation sites (tertiary alicyclic amines) is 1. The molecule has 6 heteroatoms. The molecule has 2 atom stereocenters. The van der Waals surface area contributed by atoms with E-state index < -0.39 is 18.1 Å². The molecule has 0 radical (unpaired) electrons. The number of β-amino-alcohol motifs (C(OH)–C–C–N with tert-alkyl or cyclic N) is 1. The Hall–Kier alpha value is -0.750. The summed E-state index contributed by atoms with van der Waals surface area (Å²) in [6.07, 6.45) is 2.29. The molecule has 0 aromatic heterocycles. The van der Waals surface area contributed by atoms with Crippen molar-refractivity contribution in [2.45, 2.75) is 37.8 Å². The molecular weight excluding hydrogens is 266 g/mol. The fraction of sp³-hybridized carbons (Fsp3) is 0.846. The number of thioether (sulfide) groups is 1. The van der Waals surface area contributed by atoms with E-state index in [0.29, 0.717) is 18.8 Å². The summed E-state index contributed by atoms with van der Waals surface area (Å²) in [5.41, 5.74) is 0. The van der Waals surface area contributed by atoms with Crippen molar-refractivity contribution >= 4 is 23.6 Å². The lowest BCUT2D eigenvalue weighted by Gasteiger charge is -2.26. The maximum Gasteiger partial charge on any atom is 0.328 e. The zero-order valence-corrected chi connectivity index (χ0v) is 12.0. The highest BCUT2D eigenvalue weighted by atomic mass is 32.2. The molecule has 2 aliphatic rings. The molecule has 0 saturated carbocycles. The smallest absolute Gasteiger partial charge is 0.328 e. The van der Waals surface area contributed by atoms with Crippen LogP contribution < -0.4 is 0 Å². The van der Waals surface area contributed by atoms with E-state index in [-0.39, 0.29) is 12.5 Å². The third-order valence-corrected chi connectivity index (χ3v) is 4.93. The van der Waals surface area contributed by atoms with E-state index in [2.05, 4.69) is 0 Å². The standard InChI is InChI=1S/C13H21NO4S/c1-18-13(17)11-7-10(15)8-14(11)12(16)6-9-2-4-19-5-3-9/h9-11,15H,2-8H2,1H3. The van der Waals surface area contributed by atoms with Gasteiger partial charge in [-0.15, -0.1) is 0 Å². The Morgan fingerprint density at radius 2 is 2.05 bits per heavy atom. The van der Waals surface area contributed by atoms with Crippen LogP contribution in [0.3, 0.4) is 0 Å². The number of methoxy groups -OCH3 is 1. The fourth-order valence-corrected chi connectivity index (χ4v) is 3.97. The molecule has 2 unspecified atom stereocenters. The van der Waals surface area contributed by atoms with Crippen molar-refractivity contribution in [2.24, 2.45) is 5.92 Å². The second kappa shape index (κ2) is 6.61. The van der Waals surface area contributed by atoms with Gasteiger partial charge in [-0.1, -0.05) is 0 Å². The van der Waals surface area contributed by atoms with Gasteiger partial charge in [0.1, 0.15) is 6.04 Å². The van der Waals surface area contributed by atoms with E-state index in [0.717, 1.165) is 24.3 Å². The van der Waals surface area contributed by atoms with E-state index in [4.69, 9.17) is 4.74 Å². The Kier molecular flexibility index (Phi) is 5.10. The Morgan fingerprint density at radius 3 is 2.68 bits per heavy atom. The van der Waals surface area contributed by atoms with Gasteiger partial charge in [0.05, 0.1) is 13.2 Å². The molecule has 0 aliphatic carbocycles. The van der Waals surface area contributed by atoms with Gasteiger partial charge in [-0.25, -0.2) is 4.79 Å². The Labute approximate surface area is 117 Å². The van der Waals surface area contributed by atoms with Gasteiger partial charge in [0.2, 0.25) is 5.91 Å². The van der Waals surface area contributed by atoms with Gasteiger partial charge < -0.3 is 14.7 Å². The number of rotatable bonds is 3. The highest BCUT2D eigenvalue weighted by Crippen LogP contribution is 2.28. The van der Waals surface area contributed by atoms with Crippen molar-refractivity contribution in [3.63, 3.8) is 0 Å². The number of carbonyl (C=O) groups is 2. The van der Waals surface area contributed by atoms with Crippen LogP contribution in [0.25, 0.3) is 0 Å². The van der Waals surface area contributed by atoms with Crippen LogP contribution >= 0.6 is 11.8 Å². The predicted octanol–water partition coefficient (Wildman–Crippen LogP) is 0.654. The largest absolute Gasteiger partial charge is 0.467 e. The predicted molar refractivity (Wildman–Crippen MR) is 72.8 cm³/mol. The Balaban J connectivity index is 1.94. The van der Waals surface area contributed by atoms with Crippen LogP contribution in [0.15, 0.2) is 0 Å². The van der Waals surface area contributed by atoms with E-state index in [1.54, 1.807) is 0 Å². The molecule has 108 valence electrons. The number of hydrogen-bond donors (Lipinski definition) is 1. The molecule has 2 saturated heterocycles. The molecule has 2 fully saturated rings. The van der Waals surface area contributed by atoms with Gasteiger partial charge >= 0.3 is 5.97 Å². The third-order valence-electron chi connectivity index (χ3n) is 3.88. The molecule has 0 aromatic carbocycles. The molecule has 1 N–H and O–H groups in total. The van der Waals surface area contributed by atoms with Crippen molar-refractivity contribution in [2.75, 3.05) is 25.2 Å². The number of amides is 1. The lowest BCUT2D eigenvalue weighted by atomic mass is 9.98. The normalized spacial score (nSPS) is 28.4. The van der Waals surface area contributed by atoms with Gasteiger partial charge in [-0.05, 0) is 30.3 Å². The minimum absolute atomic E-state index is 0.0242.